The lowest BCUT2D eigenvalue weighted by Gasteiger charge is -2.22. The van der Waals surface area contributed by atoms with Gasteiger partial charge >= 0.3 is 0 Å². The summed E-state index contributed by atoms with van der Waals surface area (Å²) in [4.78, 5) is 2.51. The molecule has 2 heterocycles. The highest BCUT2D eigenvalue weighted by Gasteiger charge is 2.17. The van der Waals surface area contributed by atoms with E-state index in [0.717, 1.165) is 49.7 Å². The third-order valence-electron chi connectivity index (χ3n) is 4.82. The lowest BCUT2D eigenvalue weighted by molar-refractivity contribution is 0.171. The van der Waals surface area contributed by atoms with Crippen LogP contribution >= 0.6 is 0 Å². The molecule has 0 fully saturated rings. The van der Waals surface area contributed by atoms with Crippen LogP contribution in [0.1, 0.15) is 16.7 Å². The molecule has 24 heavy (non-hydrogen) atoms. The highest BCUT2D eigenvalue weighted by Crippen LogP contribution is 2.31. The third-order valence-corrected chi connectivity index (χ3v) is 4.82. The highest BCUT2D eigenvalue weighted by atomic mass is 16.6. The van der Waals surface area contributed by atoms with Crippen LogP contribution in [0.5, 0.6) is 17.2 Å². The lowest BCUT2D eigenvalue weighted by Crippen LogP contribution is -2.26. The van der Waals surface area contributed by atoms with E-state index in [-0.39, 0.29) is 0 Å². The second-order valence-electron chi connectivity index (χ2n) is 6.39. The van der Waals surface area contributed by atoms with E-state index >= 15 is 0 Å². The Balaban J connectivity index is 1.45. The largest absolute Gasteiger partial charge is 0.497 e. The first-order valence-corrected chi connectivity index (χ1v) is 8.58. The van der Waals surface area contributed by atoms with Gasteiger partial charge in [-0.2, -0.15) is 0 Å². The summed E-state index contributed by atoms with van der Waals surface area (Å²) in [6.45, 7) is 4.36. The second kappa shape index (κ2) is 6.73. The quantitative estimate of drug-likeness (QED) is 0.868. The molecule has 0 N–H and O–H groups in total. The summed E-state index contributed by atoms with van der Waals surface area (Å²) in [5.41, 5.74) is 4.14. The summed E-state index contributed by atoms with van der Waals surface area (Å²) in [5.74, 6) is 2.69. The van der Waals surface area contributed by atoms with Crippen LogP contribution < -0.4 is 14.2 Å². The molecule has 0 atom stereocenters. The second-order valence-corrected chi connectivity index (χ2v) is 6.39. The van der Waals surface area contributed by atoms with E-state index < -0.39 is 0 Å². The highest BCUT2D eigenvalue weighted by molar-refractivity contribution is 5.44. The van der Waals surface area contributed by atoms with Crippen molar-refractivity contribution in [1.29, 1.82) is 0 Å². The molecule has 0 saturated heterocycles. The van der Waals surface area contributed by atoms with Crippen LogP contribution in [0.2, 0.25) is 0 Å². The molecule has 2 aliphatic heterocycles. The molecule has 4 nitrogen and oxygen atoms in total. The molecule has 0 saturated carbocycles. The number of methoxy groups -OCH3 is 1. The third kappa shape index (κ3) is 3.20. The van der Waals surface area contributed by atoms with Gasteiger partial charge in [-0.15, -0.1) is 0 Å². The molecule has 0 bridgehead atoms. The fourth-order valence-corrected chi connectivity index (χ4v) is 3.48. The van der Waals surface area contributed by atoms with Gasteiger partial charge in [-0.05, 0) is 53.8 Å². The summed E-state index contributed by atoms with van der Waals surface area (Å²) < 4.78 is 16.7. The van der Waals surface area contributed by atoms with Crippen LogP contribution in [-0.4, -0.2) is 38.3 Å². The van der Waals surface area contributed by atoms with Crippen LogP contribution in [0, 0.1) is 0 Å². The van der Waals surface area contributed by atoms with E-state index in [4.69, 9.17) is 14.2 Å². The molecule has 4 heteroatoms. The van der Waals surface area contributed by atoms with Gasteiger partial charge in [-0.1, -0.05) is 12.1 Å². The molecular formula is C20H23NO3. The fourth-order valence-electron chi connectivity index (χ4n) is 3.48. The Morgan fingerprint density at radius 3 is 2.54 bits per heavy atom. The topological polar surface area (TPSA) is 30.9 Å². The van der Waals surface area contributed by atoms with Crippen LogP contribution in [0.3, 0.4) is 0 Å². The molecule has 2 aliphatic rings. The van der Waals surface area contributed by atoms with Gasteiger partial charge in [0.15, 0.2) is 11.5 Å². The van der Waals surface area contributed by atoms with Gasteiger partial charge in [-0.25, -0.2) is 0 Å². The summed E-state index contributed by atoms with van der Waals surface area (Å²) in [7, 11) is 1.73. The van der Waals surface area contributed by atoms with Crippen molar-refractivity contribution in [3.8, 4) is 17.2 Å². The van der Waals surface area contributed by atoms with Gasteiger partial charge in [0.2, 0.25) is 0 Å². The Kier molecular flexibility index (Phi) is 4.30. The number of fused-ring (bicyclic) bond motifs is 2. The van der Waals surface area contributed by atoms with Gasteiger partial charge in [0.05, 0.1) is 7.11 Å². The van der Waals surface area contributed by atoms with Gasteiger partial charge in [0.25, 0.3) is 0 Å². The van der Waals surface area contributed by atoms with Crippen molar-refractivity contribution < 1.29 is 14.2 Å². The summed E-state index contributed by atoms with van der Waals surface area (Å²) in [5, 5.41) is 0. The fraction of sp³-hybridized carbons (Fsp3) is 0.400. The number of benzene rings is 2. The molecule has 0 aliphatic carbocycles. The number of nitrogens with zero attached hydrogens (tertiary/aromatic N) is 1. The number of rotatable bonds is 3. The van der Waals surface area contributed by atoms with E-state index in [1.54, 1.807) is 7.11 Å². The average molecular weight is 325 g/mol. The van der Waals surface area contributed by atoms with Crippen molar-refractivity contribution in [3.63, 3.8) is 0 Å². The van der Waals surface area contributed by atoms with Gasteiger partial charge in [0.1, 0.15) is 19.0 Å². The van der Waals surface area contributed by atoms with E-state index in [2.05, 4.69) is 35.2 Å². The molecule has 0 unspecified atom stereocenters. The minimum Gasteiger partial charge on any atom is -0.497 e. The van der Waals surface area contributed by atoms with Crippen molar-refractivity contribution in [2.24, 2.45) is 0 Å². The molecule has 2 aromatic carbocycles. The molecule has 4 rings (SSSR count). The van der Waals surface area contributed by atoms with E-state index in [1.165, 1.54) is 16.7 Å². The van der Waals surface area contributed by atoms with Crippen molar-refractivity contribution in [3.05, 3.63) is 53.1 Å². The summed E-state index contributed by atoms with van der Waals surface area (Å²) in [6, 6.07) is 12.8. The molecule has 2 aromatic rings. The zero-order valence-corrected chi connectivity index (χ0v) is 14.1. The first-order chi connectivity index (χ1) is 11.8. The average Bonchev–Trinajstić information content (AvgIpc) is 2.83. The smallest absolute Gasteiger partial charge is 0.161 e. The van der Waals surface area contributed by atoms with E-state index in [0.29, 0.717) is 13.2 Å². The predicted molar refractivity (Wildman–Crippen MR) is 93.1 cm³/mol. The van der Waals surface area contributed by atoms with Crippen molar-refractivity contribution in [2.75, 3.05) is 33.4 Å². The SMILES string of the molecule is COc1ccc2c(c1)CCN(Cc1ccc3c(c1)OCCO3)CC2. The van der Waals surface area contributed by atoms with Crippen molar-refractivity contribution in [2.45, 2.75) is 19.4 Å². The van der Waals surface area contributed by atoms with Crippen LogP contribution in [-0.2, 0) is 19.4 Å². The Hall–Kier alpha value is -2.20. The predicted octanol–water partition coefficient (Wildman–Crippen LogP) is 3.07. The summed E-state index contributed by atoms with van der Waals surface area (Å²) in [6.07, 6.45) is 2.15. The number of hydrogen-bond acceptors (Lipinski definition) is 4. The number of ether oxygens (including phenoxy) is 3. The Labute approximate surface area is 142 Å². The Morgan fingerprint density at radius 2 is 1.71 bits per heavy atom. The van der Waals surface area contributed by atoms with Crippen LogP contribution in [0.15, 0.2) is 36.4 Å². The van der Waals surface area contributed by atoms with Gasteiger partial charge in [0, 0.05) is 19.6 Å². The molecule has 0 spiro atoms. The Bertz CT molecular complexity index is 729. The van der Waals surface area contributed by atoms with Crippen molar-refractivity contribution in [1.82, 2.24) is 4.90 Å². The maximum atomic E-state index is 5.70. The maximum Gasteiger partial charge on any atom is 0.161 e. The van der Waals surface area contributed by atoms with Crippen LogP contribution in [0.25, 0.3) is 0 Å². The normalized spacial score (nSPS) is 17.0. The minimum atomic E-state index is 0.636. The molecule has 126 valence electrons. The van der Waals surface area contributed by atoms with Gasteiger partial charge in [-0.3, -0.25) is 4.90 Å². The molecule has 0 radical (unpaired) electrons. The zero-order valence-electron chi connectivity index (χ0n) is 14.1. The molecule has 0 aromatic heterocycles. The first-order valence-electron chi connectivity index (χ1n) is 8.58. The van der Waals surface area contributed by atoms with Crippen molar-refractivity contribution >= 4 is 0 Å². The Morgan fingerprint density at radius 1 is 0.917 bits per heavy atom. The van der Waals surface area contributed by atoms with E-state index in [1.807, 2.05) is 6.07 Å². The summed E-state index contributed by atoms with van der Waals surface area (Å²) >= 11 is 0. The van der Waals surface area contributed by atoms with Gasteiger partial charge < -0.3 is 14.2 Å². The zero-order chi connectivity index (χ0) is 16.4. The van der Waals surface area contributed by atoms with Crippen LogP contribution in [0.4, 0.5) is 0 Å². The molecular weight excluding hydrogens is 302 g/mol. The maximum absolute atomic E-state index is 5.70. The first kappa shape index (κ1) is 15.3. The monoisotopic (exact) mass is 325 g/mol. The molecule has 0 amide bonds. The standard InChI is InChI=1S/C20H23NO3/c1-22-18-4-3-16-6-8-21(9-7-17(16)13-18)14-15-2-5-19-20(12-15)24-11-10-23-19/h2-5,12-13H,6-11,14H2,1H3. The van der Waals surface area contributed by atoms with E-state index in [9.17, 15) is 0 Å². The number of hydrogen-bond donors (Lipinski definition) is 0. The lowest BCUT2D eigenvalue weighted by atomic mass is 10.0. The minimum absolute atomic E-state index is 0.636.